The Morgan fingerprint density at radius 3 is 2.44 bits per heavy atom. The van der Waals surface area contributed by atoms with E-state index in [9.17, 15) is 14.4 Å². The summed E-state index contributed by atoms with van der Waals surface area (Å²) in [6.45, 7) is 1.44. The summed E-state index contributed by atoms with van der Waals surface area (Å²) in [5.41, 5.74) is 2.59. The van der Waals surface area contributed by atoms with Gasteiger partial charge in [0.1, 0.15) is 5.75 Å². The number of esters is 1. The number of aliphatic carboxylic acids is 1. The number of carbonyl (C=O) groups is 2. The third kappa shape index (κ3) is 5.44. The van der Waals surface area contributed by atoms with E-state index in [-0.39, 0.29) is 17.7 Å². The van der Waals surface area contributed by atoms with Gasteiger partial charge in [-0.15, -0.1) is 0 Å². The molecule has 1 atom stereocenters. The number of hydrogen-bond donors (Lipinski definition) is 1. The number of carbonyl (C=O) groups excluding carboxylic acids is 1. The third-order valence-corrected chi connectivity index (χ3v) is 6.99. The summed E-state index contributed by atoms with van der Waals surface area (Å²) in [5.74, 6) is -1.25. The van der Waals surface area contributed by atoms with Gasteiger partial charge in [-0.3, -0.25) is 9.36 Å². The van der Waals surface area contributed by atoms with Crippen LogP contribution < -0.4 is 19.6 Å². The van der Waals surface area contributed by atoms with Crippen molar-refractivity contribution >= 4 is 35.0 Å². The molecule has 1 aliphatic rings. The van der Waals surface area contributed by atoms with E-state index < -0.39 is 24.6 Å². The molecule has 39 heavy (non-hydrogen) atoms. The first-order valence-corrected chi connectivity index (χ1v) is 13.1. The van der Waals surface area contributed by atoms with Crippen LogP contribution in [0.3, 0.4) is 0 Å². The number of fused-ring (bicyclic) bond motifs is 1. The van der Waals surface area contributed by atoms with Gasteiger partial charge >= 0.3 is 11.9 Å². The fourth-order valence-corrected chi connectivity index (χ4v) is 5.38. The molecule has 0 amide bonds. The number of ether oxygens (including phenoxy) is 2. The van der Waals surface area contributed by atoms with Gasteiger partial charge in [0, 0.05) is 5.56 Å². The number of thiazole rings is 1. The maximum atomic E-state index is 13.9. The Balaban J connectivity index is 1.73. The van der Waals surface area contributed by atoms with E-state index >= 15 is 0 Å². The van der Waals surface area contributed by atoms with Crippen LogP contribution in [-0.4, -0.2) is 34.8 Å². The molecular formula is C30H24N2O6S. The maximum Gasteiger partial charge on any atom is 0.341 e. The molecular weight excluding hydrogens is 516 g/mol. The highest BCUT2D eigenvalue weighted by molar-refractivity contribution is 7.07. The Morgan fingerprint density at radius 1 is 1.03 bits per heavy atom. The zero-order chi connectivity index (χ0) is 27.4. The molecule has 0 saturated heterocycles. The Kier molecular flexibility index (Phi) is 7.51. The molecule has 0 spiro atoms. The summed E-state index contributed by atoms with van der Waals surface area (Å²) >= 11 is 1.21. The minimum atomic E-state index is -1.08. The Morgan fingerprint density at radius 2 is 1.74 bits per heavy atom. The Bertz CT molecular complexity index is 1740. The van der Waals surface area contributed by atoms with Gasteiger partial charge in [0.2, 0.25) is 0 Å². The van der Waals surface area contributed by atoms with Crippen molar-refractivity contribution < 1.29 is 24.2 Å². The second kappa shape index (κ2) is 11.3. The molecule has 0 radical (unpaired) electrons. The van der Waals surface area contributed by atoms with E-state index in [1.807, 2.05) is 60.7 Å². The highest BCUT2D eigenvalue weighted by Gasteiger charge is 2.35. The lowest BCUT2D eigenvalue weighted by atomic mass is 9.93. The minimum Gasteiger partial charge on any atom is -0.482 e. The first-order valence-electron chi connectivity index (χ1n) is 12.2. The van der Waals surface area contributed by atoms with Crippen molar-refractivity contribution in [3.8, 4) is 5.75 Å². The van der Waals surface area contributed by atoms with Gasteiger partial charge in [0.25, 0.3) is 5.56 Å². The summed E-state index contributed by atoms with van der Waals surface area (Å²) in [6, 6.07) is 24.8. The molecule has 0 bridgehead atoms. The monoisotopic (exact) mass is 540 g/mol. The molecule has 8 nitrogen and oxygen atoms in total. The highest BCUT2D eigenvalue weighted by Crippen LogP contribution is 2.35. The van der Waals surface area contributed by atoms with Crippen molar-refractivity contribution in [1.29, 1.82) is 0 Å². The van der Waals surface area contributed by atoms with Gasteiger partial charge in [-0.1, -0.05) is 84.1 Å². The zero-order valence-electron chi connectivity index (χ0n) is 20.9. The standard InChI is InChI=1S/C30H24N2O6S/c1-2-37-29(36)25-26(20-11-5-3-6-12-20)31-30-32(27(25)21-13-7-4-8-14-21)28(35)23(39-30)17-19-10-9-15-22(16-19)38-18-24(33)34/h3-17,27H,2,18H2,1H3,(H,33,34)/b23-17-/t27-/m1/s1. The number of carboxylic acid groups (broad SMARTS) is 1. The molecule has 0 fully saturated rings. The van der Waals surface area contributed by atoms with Crippen LogP contribution in [0.2, 0.25) is 0 Å². The summed E-state index contributed by atoms with van der Waals surface area (Å²) in [6.07, 6.45) is 1.70. The normalized spacial score (nSPS) is 14.9. The summed E-state index contributed by atoms with van der Waals surface area (Å²) in [7, 11) is 0. The molecule has 1 aromatic heterocycles. The second-order valence-corrected chi connectivity index (χ2v) is 9.61. The van der Waals surface area contributed by atoms with Gasteiger partial charge in [-0.2, -0.15) is 0 Å². The lowest BCUT2D eigenvalue weighted by molar-refractivity contribution is -0.140. The fraction of sp³-hybridized carbons (Fsp3) is 0.133. The topological polar surface area (TPSA) is 107 Å². The molecule has 1 aliphatic heterocycles. The third-order valence-electron chi connectivity index (χ3n) is 6.01. The van der Waals surface area contributed by atoms with Gasteiger partial charge in [0.05, 0.1) is 28.5 Å². The first kappa shape index (κ1) is 25.9. The predicted molar refractivity (Wildman–Crippen MR) is 147 cm³/mol. The van der Waals surface area contributed by atoms with Gasteiger partial charge in [0.15, 0.2) is 11.4 Å². The average Bonchev–Trinajstić information content (AvgIpc) is 3.26. The molecule has 2 heterocycles. The van der Waals surface area contributed by atoms with Crippen LogP contribution in [0.25, 0.3) is 11.8 Å². The van der Waals surface area contributed by atoms with Gasteiger partial charge < -0.3 is 14.6 Å². The lowest BCUT2D eigenvalue weighted by Crippen LogP contribution is -2.39. The maximum absolute atomic E-state index is 13.9. The predicted octanol–water partition coefficient (Wildman–Crippen LogP) is 3.40. The van der Waals surface area contributed by atoms with E-state index in [4.69, 9.17) is 19.6 Å². The number of nitrogens with zero attached hydrogens (tertiary/aromatic N) is 2. The van der Waals surface area contributed by atoms with Crippen molar-refractivity contribution in [2.24, 2.45) is 4.99 Å². The fourth-order valence-electron chi connectivity index (χ4n) is 4.38. The second-order valence-electron chi connectivity index (χ2n) is 8.60. The average molecular weight is 541 g/mol. The molecule has 0 unspecified atom stereocenters. The highest BCUT2D eigenvalue weighted by atomic mass is 32.1. The van der Waals surface area contributed by atoms with Crippen LogP contribution in [0, 0.1) is 0 Å². The molecule has 196 valence electrons. The van der Waals surface area contributed by atoms with Crippen LogP contribution in [0.4, 0.5) is 0 Å². The van der Waals surface area contributed by atoms with E-state index in [0.717, 1.165) is 11.1 Å². The van der Waals surface area contributed by atoms with Crippen molar-refractivity contribution in [3.63, 3.8) is 0 Å². The molecule has 3 aromatic carbocycles. The largest absolute Gasteiger partial charge is 0.482 e. The van der Waals surface area contributed by atoms with Crippen LogP contribution in [0.5, 0.6) is 5.75 Å². The Hall–Kier alpha value is -4.76. The lowest BCUT2D eigenvalue weighted by Gasteiger charge is -2.25. The van der Waals surface area contributed by atoms with Crippen molar-refractivity contribution in [2.75, 3.05) is 13.2 Å². The SMILES string of the molecule is CCOC(=O)C1=C(c2ccccc2)N=c2s/c(=C\c3cccc(OCC(=O)O)c3)c(=O)n2[C@@H]1c1ccccc1. The van der Waals surface area contributed by atoms with Crippen LogP contribution in [0.15, 0.2) is 100 Å². The van der Waals surface area contributed by atoms with Crippen molar-refractivity contribution in [1.82, 2.24) is 4.57 Å². The number of benzene rings is 3. The van der Waals surface area contributed by atoms with Gasteiger partial charge in [-0.25, -0.2) is 14.6 Å². The van der Waals surface area contributed by atoms with Crippen LogP contribution >= 0.6 is 11.3 Å². The number of aromatic nitrogens is 1. The first-order chi connectivity index (χ1) is 19.0. The molecule has 0 saturated carbocycles. The van der Waals surface area contributed by atoms with Crippen molar-refractivity contribution in [3.05, 3.63) is 127 Å². The van der Waals surface area contributed by atoms with E-state index in [0.29, 0.717) is 26.3 Å². The molecule has 9 heteroatoms. The van der Waals surface area contributed by atoms with E-state index in [1.54, 1.807) is 37.3 Å². The zero-order valence-corrected chi connectivity index (χ0v) is 21.8. The molecule has 0 aliphatic carbocycles. The number of carboxylic acids is 1. The minimum absolute atomic E-state index is 0.177. The molecule has 1 N–H and O–H groups in total. The van der Waals surface area contributed by atoms with E-state index in [1.165, 1.54) is 15.9 Å². The van der Waals surface area contributed by atoms with Crippen LogP contribution in [-0.2, 0) is 14.3 Å². The van der Waals surface area contributed by atoms with Crippen molar-refractivity contribution in [2.45, 2.75) is 13.0 Å². The van der Waals surface area contributed by atoms with E-state index in [2.05, 4.69) is 0 Å². The number of hydrogen-bond acceptors (Lipinski definition) is 7. The smallest absolute Gasteiger partial charge is 0.341 e. The number of rotatable bonds is 8. The molecule has 4 aromatic rings. The van der Waals surface area contributed by atoms with Gasteiger partial charge in [-0.05, 0) is 36.3 Å². The summed E-state index contributed by atoms with van der Waals surface area (Å²) in [5, 5.41) is 8.90. The summed E-state index contributed by atoms with van der Waals surface area (Å²) < 4.78 is 12.7. The quantitative estimate of drug-likeness (QED) is 0.344. The summed E-state index contributed by atoms with van der Waals surface area (Å²) in [4.78, 5) is 43.4. The Labute approximate surface area is 227 Å². The molecule has 5 rings (SSSR count). The van der Waals surface area contributed by atoms with Crippen LogP contribution in [0.1, 0.15) is 29.7 Å².